The van der Waals surface area contributed by atoms with E-state index in [2.05, 4.69) is 0 Å². The Morgan fingerprint density at radius 3 is 2.36 bits per heavy atom. The van der Waals surface area contributed by atoms with E-state index in [1.807, 2.05) is 0 Å². The fourth-order valence-electron chi connectivity index (χ4n) is 1.14. The molecule has 1 rings (SSSR count). The normalized spacial score (nSPS) is 11.2. The summed E-state index contributed by atoms with van der Waals surface area (Å²) in [6.45, 7) is 0. The van der Waals surface area contributed by atoms with E-state index in [0.29, 0.717) is 11.5 Å². The van der Waals surface area contributed by atoms with E-state index in [1.165, 1.54) is 13.3 Å². The molecular formula is C10H13NO3. The number of hydrogen-bond acceptors (Lipinski definition) is 3. The summed E-state index contributed by atoms with van der Waals surface area (Å²) in [6.07, 6.45) is 1.46. The maximum Gasteiger partial charge on any atom is 0.181 e. The Morgan fingerprint density at radius 2 is 1.86 bits per heavy atom. The molecule has 0 unspecified atom stereocenters. The second-order valence-electron chi connectivity index (χ2n) is 2.79. The zero-order valence-electron chi connectivity index (χ0n) is 8.48. The van der Waals surface area contributed by atoms with Gasteiger partial charge in [-0.25, -0.2) is 4.74 Å². The Hall–Kier alpha value is -1.71. The van der Waals surface area contributed by atoms with E-state index >= 15 is 0 Å². The number of hydroxylamine groups is 1. The molecule has 14 heavy (non-hydrogen) atoms. The second-order valence-corrected chi connectivity index (χ2v) is 2.79. The maximum absolute atomic E-state index is 10.8. The lowest BCUT2D eigenvalue weighted by Crippen LogP contribution is -1.98. The van der Waals surface area contributed by atoms with Crippen LogP contribution in [0, 0.1) is 5.21 Å². The molecule has 0 aliphatic heterocycles. The van der Waals surface area contributed by atoms with Crippen molar-refractivity contribution in [1.29, 1.82) is 0 Å². The first-order valence-corrected chi connectivity index (χ1v) is 4.14. The number of methoxy groups -OCH3 is 2. The summed E-state index contributed by atoms with van der Waals surface area (Å²) < 4.78 is 10.9. The molecule has 0 aliphatic carbocycles. The maximum atomic E-state index is 10.8. The van der Waals surface area contributed by atoms with Gasteiger partial charge in [0, 0.05) is 5.56 Å². The third-order valence-corrected chi connectivity index (χ3v) is 1.74. The highest BCUT2D eigenvalue weighted by Gasteiger charge is 2.04. The van der Waals surface area contributed by atoms with E-state index in [9.17, 15) is 5.21 Å². The minimum absolute atomic E-state index is 0.614. The van der Waals surface area contributed by atoms with Crippen LogP contribution in [0.2, 0.25) is 0 Å². The Balaban J connectivity index is 3.07. The van der Waals surface area contributed by atoms with Crippen LogP contribution in [0.4, 0.5) is 0 Å². The summed E-state index contributed by atoms with van der Waals surface area (Å²) in [6, 6.07) is 5.29. The fraction of sp³-hybridized carbons (Fsp3) is 0.300. The van der Waals surface area contributed by atoms with Gasteiger partial charge in [0.15, 0.2) is 17.7 Å². The summed E-state index contributed by atoms with van der Waals surface area (Å²) in [4.78, 5) is 0. The Kier molecular flexibility index (Phi) is 3.34. The first-order valence-electron chi connectivity index (χ1n) is 4.14. The van der Waals surface area contributed by atoms with Gasteiger partial charge in [-0.2, -0.15) is 0 Å². The predicted octanol–water partition coefficient (Wildman–Crippen LogP) is 1.26. The molecule has 4 nitrogen and oxygen atoms in total. The molecule has 0 amide bonds. The fourth-order valence-corrected chi connectivity index (χ4v) is 1.14. The van der Waals surface area contributed by atoms with Crippen LogP contribution < -0.4 is 9.47 Å². The third-order valence-electron chi connectivity index (χ3n) is 1.74. The van der Waals surface area contributed by atoms with Crippen LogP contribution in [-0.4, -0.2) is 32.2 Å². The van der Waals surface area contributed by atoms with Crippen molar-refractivity contribution >= 4 is 6.21 Å². The standard InChI is InChI=1S/C10H13NO3/c1-11(12)7-8-4-5-9(13-2)10(6-8)14-3/h4-7H,1-3H3/b11-7+. The number of benzene rings is 1. The lowest BCUT2D eigenvalue weighted by atomic mass is 10.2. The smallest absolute Gasteiger partial charge is 0.181 e. The summed E-state index contributed by atoms with van der Waals surface area (Å²) in [5, 5.41) is 10.8. The van der Waals surface area contributed by atoms with E-state index in [1.54, 1.807) is 32.4 Å². The van der Waals surface area contributed by atoms with E-state index < -0.39 is 0 Å². The Morgan fingerprint density at radius 1 is 1.21 bits per heavy atom. The molecule has 1 aromatic rings. The molecule has 0 saturated carbocycles. The van der Waals surface area contributed by atoms with Gasteiger partial charge < -0.3 is 14.7 Å². The van der Waals surface area contributed by atoms with Gasteiger partial charge in [-0.05, 0) is 18.2 Å². The highest BCUT2D eigenvalue weighted by Crippen LogP contribution is 2.26. The zero-order valence-corrected chi connectivity index (χ0v) is 8.48. The number of nitrogens with zero attached hydrogens (tertiary/aromatic N) is 1. The molecule has 0 spiro atoms. The summed E-state index contributed by atoms with van der Waals surface area (Å²) in [7, 11) is 4.56. The highest BCUT2D eigenvalue weighted by molar-refractivity contribution is 5.77. The van der Waals surface area contributed by atoms with Crippen LogP contribution in [0.1, 0.15) is 5.56 Å². The number of hydrogen-bond donors (Lipinski definition) is 0. The average Bonchev–Trinajstić information content (AvgIpc) is 2.16. The SMILES string of the molecule is COc1ccc(/C=[N+](\C)[O-])cc1OC. The van der Waals surface area contributed by atoms with Gasteiger partial charge in [0.2, 0.25) is 0 Å². The van der Waals surface area contributed by atoms with Crippen molar-refractivity contribution in [1.82, 2.24) is 0 Å². The van der Waals surface area contributed by atoms with Crippen LogP contribution in [0.25, 0.3) is 0 Å². The van der Waals surface area contributed by atoms with E-state index in [4.69, 9.17) is 9.47 Å². The molecule has 0 N–H and O–H groups in total. The molecule has 76 valence electrons. The zero-order chi connectivity index (χ0) is 10.6. The van der Waals surface area contributed by atoms with E-state index in [0.717, 1.165) is 10.3 Å². The van der Waals surface area contributed by atoms with Gasteiger partial charge in [0.1, 0.15) is 7.05 Å². The quantitative estimate of drug-likeness (QED) is 0.315. The highest BCUT2D eigenvalue weighted by atomic mass is 16.5. The van der Waals surface area contributed by atoms with Crippen molar-refractivity contribution in [3.8, 4) is 11.5 Å². The summed E-state index contributed by atoms with van der Waals surface area (Å²) in [5.41, 5.74) is 0.778. The van der Waals surface area contributed by atoms with Gasteiger partial charge >= 0.3 is 0 Å². The van der Waals surface area contributed by atoms with Crippen LogP contribution >= 0.6 is 0 Å². The first-order chi connectivity index (χ1) is 6.67. The van der Waals surface area contributed by atoms with Crippen LogP contribution in [-0.2, 0) is 0 Å². The van der Waals surface area contributed by atoms with Gasteiger partial charge in [-0.3, -0.25) is 0 Å². The minimum atomic E-state index is 0.614. The minimum Gasteiger partial charge on any atom is -0.624 e. The van der Waals surface area contributed by atoms with Crippen LogP contribution in [0.3, 0.4) is 0 Å². The average molecular weight is 195 g/mol. The Labute approximate surface area is 83.0 Å². The van der Waals surface area contributed by atoms with Gasteiger partial charge in [0.25, 0.3) is 0 Å². The van der Waals surface area contributed by atoms with Crippen LogP contribution in [0.5, 0.6) is 11.5 Å². The summed E-state index contributed by atoms with van der Waals surface area (Å²) in [5.74, 6) is 1.27. The molecule has 0 heterocycles. The molecule has 0 fully saturated rings. The summed E-state index contributed by atoms with van der Waals surface area (Å²) >= 11 is 0. The lowest BCUT2D eigenvalue weighted by molar-refractivity contribution is -0.416. The van der Waals surface area contributed by atoms with Crippen molar-refractivity contribution in [3.05, 3.63) is 29.0 Å². The monoisotopic (exact) mass is 195 g/mol. The molecule has 1 aromatic carbocycles. The first kappa shape index (κ1) is 10.4. The van der Waals surface area contributed by atoms with Crippen LogP contribution in [0.15, 0.2) is 18.2 Å². The molecular weight excluding hydrogens is 182 g/mol. The number of rotatable bonds is 3. The molecule has 0 aromatic heterocycles. The molecule has 0 bridgehead atoms. The Bertz CT molecular complexity index is 343. The molecule has 4 heteroatoms. The molecule has 0 radical (unpaired) electrons. The molecule has 0 aliphatic rings. The molecule has 0 saturated heterocycles. The van der Waals surface area contributed by atoms with Crippen molar-refractivity contribution in [2.45, 2.75) is 0 Å². The van der Waals surface area contributed by atoms with Crippen molar-refractivity contribution in [2.75, 3.05) is 21.3 Å². The largest absolute Gasteiger partial charge is 0.624 e. The molecule has 0 atom stereocenters. The van der Waals surface area contributed by atoms with Gasteiger partial charge in [0.05, 0.1) is 14.2 Å². The lowest BCUT2D eigenvalue weighted by Gasteiger charge is -2.07. The van der Waals surface area contributed by atoms with Gasteiger partial charge in [-0.15, -0.1) is 0 Å². The predicted molar refractivity (Wildman–Crippen MR) is 54.3 cm³/mol. The van der Waals surface area contributed by atoms with Crippen molar-refractivity contribution in [3.63, 3.8) is 0 Å². The van der Waals surface area contributed by atoms with E-state index in [-0.39, 0.29) is 0 Å². The van der Waals surface area contributed by atoms with Crippen molar-refractivity contribution < 1.29 is 14.2 Å². The second kappa shape index (κ2) is 4.50. The third kappa shape index (κ3) is 2.39. The van der Waals surface area contributed by atoms with Crippen molar-refractivity contribution in [2.24, 2.45) is 0 Å². The van der Waals surface area contributed by atoms with Gasteiger partial charge in [-0.1, -0.05) is 0 Å². The topological polar surface area (TPSA) is 44.5 Å². The number of ether oxygens (including phenoxy) is 2.